The maximum atomic E-state index is 11.6. The number of ether oxygens (including phenoxy) is 1. The molecule has 6 nitrogen and oxygen atoms in total. The van der Waals surface area contributed by atoms with Gasteiger partial charge in [-0.15, -0.1) is 0 Å². The first-order valence-corrected chi connectivity index (χ1v) is 8.16. The first kappa shape index (κ1) is 17.9. The highest BCUT2D eigenvalue weighted by atomic mass is 32.1. The van der Waals surface area contributed by atoms with Crippen LogP contribution < -0.4 is 10.6 Å². The maximum absolute atomic E-state index is 11.6. The van der Waals surface area contributed by atoms with Gasteiger partial charge in [-0.3, -0.25) is 4.68 Å². The number of hydrogen-bond acceptors (Lipinski definition) is 4. The second-order valence-corrected chi connectivity index (χ2v) is 5.84. The highest BCUT2D eigenvalue weighted by Gasteiger charge is 2.13. The second-order valence-electron chi connectivity index (χ2n) is 5.43. The van der Waals surface area contributed by atoms with E-state index in [1.165, 1.54) is 0 Å². The van der Waals surface area contributed by atoms with Gasteiger partial charge in [0.1, 0.15) is 0 Å². The zero-order valence-electron chi connectivity index (χ0n) is 14.3. The summed E-state index contributed by atoms with van der Waals surface area (Å²) in [6.07, 6.45) is 1.84. The molecule has 0 saturated heterocycles. The molecule has 1 heterocycles. The summed E-state index contributed by atoms with van der Waals surface area (Å²) in [6.45, 7) is 6.19. The maximum Gasteiger partial charge on any atom is 0.338 e. The number of benzene rings is 1. The highest BCUT2D eigenvalue weighted by molar-refractivity contribution is 7.80. The standard InChI is InChI=1S/C17H22N4O2S/c1-5-23-16(22)13-6-8-14(9-7-13)20-17(24)19-11(2)15-10-18-21(4)12(15)3/h6-11H,5H2,1-4H3,(H2,19,20,24). The fourth-order valence-corrected chi connectivity index (χ4v) is 2.58. The van der Waals surface area contributed by atoms with E-state index < -0.39 is 0 Å². The quantitative estimate of drug-likeness (QED) is 0.641. The molecular formula is C17H22N4O2S. The van der Waals surface area contributed by atoms with Crippen LogP contribution in [0.5, 0.6) is 0 Å². The van der Waals surface area contributed by atoms with E-state index in [1.807, 2.05) is 31.8 Å². The van der Waals surface area contributed by atoms with Crippen molar-refractivity contribution in [2.45, 2.75) is 26.8 Å². The van der Waals surface area contributed by atoms with Gasteiger partial charge in [0.05, 0.1) is 24.4 Å². The van der Waals surface area contributed by atoms with Crippen molar-refractivity contribution in [3.05, 3.63) is 47.3 Å². The van der Waals surface area contributed by atoms with Crippen LogP contribution in [-0.2, 0) is 11.8 Å². The van der Waals surface area contributed by atoms with Gasteiger partial charge in [-0.25, -0.2) is 4.79 Å². The molecule has 0 saturated carbocycles. The molecule has 1 atom stereocenters. The molecule has 128 valence electrons. The fourth-order valence-electron chi connectivity index (χ4n) is 2.29. The molecule has 7 heteroatoms. The molecular weight excluding hydrogens is 324 g/mol. The summed E-state index contributed by atoms with van der Waals surface area (Å²) in [5.74, 6) is -0.328. The lowest BCUT2D eigenvalue weighted by atomic mass is 10.1. The lowest BCUT2D eigenvalue weighted by Gasteiger charge is -2.17. The van der Waals surface area contributed by atoms with Crippen molar-refractivity contribution in [1.82, 2.24) is 15.1 Å². The third kappa shape index (κ3) is 4.32. The van der Waals surface area contributed by atoms with E-state index in [-0.39, 0.29) is 12.0 Å². The molecule has 2 N–H and O–H groups in total. The fraction of sp³-hybridized carbons (Fsp3) is 0.353. The molecule has 0 radical (unpaired) electrons. The summed E-state index contributed by atoms with van der Waals surface area (Å²) in [7, 11) is 1.91. The van der Waals surface area contributed by atoms with Crippen LogP contribution in [0.2, 0.25) is 0 Å². The van der Waals surface area contributed by atoms with Crippen molar-refractivity contribution in [2.75, 3.05) is 11.9 Å². The highest BCUT2D eigenvalue weighted by Crippen LogP contribution is 2.16. The van der Waals surface area contributed by atoms with Gasteiger partial charge >= 0.3 is 5.97 Å². The van der Waals surface area contributed by atoms with Crippen LogP contribution in [0, 0.1) is 6.92 Å². The summed E-state index contributed by atoms with van der Waals surface area (Å²) in [6, 6.07) is 7.04. The predicted octanol–water partition coefficient (Wildman–Crippen LogP) is 2.95. The van der Waals surface area contributed by atoms with Gasteiger partial charge in [0, 0.05) is 24.0 Å². The Morgan fingerprint density at radius 1 is 1.38 bits per heavy atom. The number of rotatable bonds is 5. The lowest BCUT2D eigenvalue weighted by Crippen LogP contribution is -2.31. The van der Waals surface area contributed by atoms with Crippen molar-refractivity contribution >= 4 is 29.0 Å². The van der Waals surface area contributed by atoms with Crippen molar-refractivity contribution in [3.63, 3.8) is 0 Å². The second kappa shape index (κ2) is 7.92. The average Bonchev–Trinajstić information content (AvgIpc) is 2.87. The molecule has 0 aliphatic carbocycles. The van der Waals surface area contributed by atoms with Gasteiger partial charge in [0.2, 0.25) is 0 Å². The minimum atomic E-state index is -0.328. The van der Waals surface area contributed by atoms with E-state index in [0.29, 0.717) is 17.3 Å². The SMILES string of the molecule is CCOC(=O)c1ccc(NC(=S)NC(C)c2cnn(C)c2C)cc1. The van der Waals surface area contributed by atoms with Gasteiger partial charge in [0.15, 0.2) is 5.11 Å². The Morgan fingerprint density at radius 2 is 2.04 bits per heavy atom. The monoisotopic (exact) mass is 346 g/mol. The van der Waals surface area contributed by atoms with Crippen LogP contribution in [0.4, 0.5) is 5.69 Å². The van der Waals surface area contributed by atoms with Crippen molar-refractivity contribution in [2.24, 2.45) is 7.05 Å². The summed E-state index contributed by atoms with van der Waals surface area (Å²) in [4.78, 5) is 11.6. The molecule has 1 aromatic carbocycles. The third-order valence-electron chi connectivity index (χ3n) is 3.74. The van der Waals surface area contributed by atoms with Gasteiger partial charge in [-0.05, 0) is 57.3 Å². The average molecular weight is 346 g/mol. The smallest absolute Gasteiger partial charge is 0.338 e. The Hall–Kier alpha value is -2.41. The zero-order valence-corrected chi connectivity index (χ0v) is 15.1. The predicted molar refractivity (Wildman–Crippen MR) is 98.1 cm³/mol. The van der Waals surface area contributed by atoms with Gasteiger partial charge in [-0.2, -0.15) is 5.10 Å². The summed E-state index contributed by atoms with van der Waals surface area (Å²) < 4.78 is 6.79. The Balaban J connectivity index is 1.94. The van der Waals surface area contributed by atoms with Crippen LogP contribution >= 0.6 is 12.2 Å². The third-order valence-corrected chi connectivity index (χ3v) is 3.96. The Bertz CT molecular complexity index is 725. The van der Waals surface area contributed by atoms with Crippen molar-refractivity contribution in [1.29, 1.82) is 0 Å². The van der Waals surface area contributed by atoms with E-state index in [9.17, 15) is 4.79 Å². The topological polar surface area (TPSA) is 68.2 Å². The van der Waals surface area contributed by atoms with Gasteiger partial charge < -0.3 is 15.4 Å². The molecule has 24 heavy (non-hydrogen) atoms. The molecule has 0 bridgehead atoms. The number of carbonyl (C=O) groups excluding carboxylic acids is 1. The summed E-state index contributed by atoms with van der Waals surface area (Å²) >= 11 is 5.35. The Labute approximate surface area is 147 Å². The normalized spacial score (nSPS) is 11.7. The number of nitrogens with one attached hydrogen (secondary N) is 2. The molecule has 0 aliphatic rings. The zero-order chi connectivity index (χ0) is 17.7. The van der Waals surface area contributed by atoms with Crippen molar-refractivity contribution in [3.8, 4) is 0 Å². The molecule has 1 unspecified atom stereocenters. The number of anilines is 1. The first-order valence-electron chi connectivity index (χ1n) is 7.75. The number of esters is 1. The largest absolute Gasteiger partial charge is 0.462 e. The van der Waals surface area contributed by atoms with Crippen LogP contribution in [0.1, 0.15) is 41.5 Å². The molecule has 0 aliphatic heterocycles. The van der Waals surface area contributed by atoms with Crippen LogP contribution in [0.25, 0.3) is 0 Å². The number of thiocarbonyl (C=S) groups is 1. The number of aromatic nitrogens is 2. The van der Waals surface area contributed by atoms with Crippen LogP contribution in [0.15, 0.2) is 30.5 Å². The van der Waals surface area contributed by atoms with E-state index in [4.69, 9.17) is 17.0 Å². The number of nitrogens with zero attached hydrogens (tertiary/aromatic N) is 2. The van der Waals surface area contributed by atoms with E-state index in [1.54, 1.807) is 31.2 Å². The van der Waals surface area contributed by atoms with Gasteiger partial charge in [0.25, 0.3) is 0 Å². The van der Waals surface area contributed by atoms with Gasteiger partial charge in [-0.1, -0.05) is 0 Å². The molecule has 0 amide bonds. The summed E-state index contributed by atoms with van der Waals surface area (Å²) in [5.41, 5.74) is 3.51. The molecule has 0 spiro atoms. The Kier molecular flexibility index (Phi) is 5.92. The van der Waals surface area contributed by atoms with E-state index in [0.717, 1.165) is 16.9 Å². The van der Waals surface area contributed by atoms with E-state index in [2.05, 4.69) is 15.7 Å². The van der Waals surface area contributed by atoms with Crippen LogP contribution in [-0.4, -0.2) is 27.5 Å². The lowest BCUT2D eigenvalue weighted by molar-refractivity contribution is 0.0526. The Morgan fingerprint density at radius 3 is 2.58 bits per heavy atom. The molecule has 2 aromatic rings. The van der Waals surface area contributed by atoms with E-state index >= 15 is 0 Å². The minimum absolute atomic E-state index is 0.0394. The molecule has 2 rings (SSSR count). The minimum Gasteiger partial charge on any atom is -0.462 e. The van der Waals surface area contributed by atoms with Crippen molar-refractivity contribution < 1.29 is 9.53 Å². The number of aryl methyl sites for hydroxylation is 1. The number of carbonyl (C=O) groups is 1. The molecule has 1 aromatic heterocycles. The first-order chi connectivity index (χ1) is 11.4. The summed E-state index contributed by atoms with van der Waals surface area (Å²) in [5, 5.41) is 11.1. The molecule has 0 fully saturated rings. The number of hydrogen-bond donors (Lipinski definition) is 2. The van der Waals surface area contributed by atoms with Crippen LogP contribution in [0.3, 0.4) is 0 Å².